The van der Waals surface area contributed by atoms with E-state index in [9.17, 15) is 18.0 Å². The molecule has 0 spiro atoms. The fourth-order valence-corrected chi connectivity index (χ4v) is 4.91. The molecule has 4 rings (SSSR count). The van der Waals surface area contributed by atoms with E-state index >= 15 is 0 Å². The van der Waals surface area contributed by atoms with Crippen LogP contribution in [0.2, 0.25) is 0 Å². The van der Waals surface area contributed by atoms with E-state index in [4.69, 9.17) is 4.42 Å². The molecule has 2 heterocycles. The van der Waals surface area contributed by atoms with Gasteiger partial charge in [0.2, 0.25) is 0 Å². The van der Waals surface area contributed by atoms with E-state index in [2.05, 4.69) is 10.3 Å². The Morgan fingerprint density at radius 2 is 1.74 bits per heavy atom. The lowest BCUT2D eigenvalue weighted by atomic mass is 10.1. The van der Waals surface area contributed by atoms with Gasteiger partial charge < -0.3 is 9.73 Å². The number of nitrogens with one attached hydrogen (secondary N) is 1. The van der Waals surface area contributed by atoms with Crippen LogP contribution in [-0.4, -0.2) is 25.9 Å². The molecular formula is C23H18N2O5S. The van der Waals surface area contributed by atoms with Gasteiger partial charge in [0.15, 0.2) is 9.84 Å². The van der Waals surface area contributed by atoms with Crippen LogP contribution in [0.1, 0.15) is 21.2 Å². The minimum atomic E-state index is -3.83. The molecule has 0 fully saturated rings. The first-order chi connectivity index (χ1) is 15.0. The number of amides is 1. The van der Waals surface area contributed by atoms with E-state index in [0.717, 1.165) is 0 Å². The third-order valence-electron chi connectivity index (χ3n) is 4.84. The Labute approximate surface area is 178 Å². The molecular weight excluding hydrogens is 416 g/mol. The van der Waals surface area contributed by atoms with Crippen LogP contribution >= 0.6 is 0 Å². The SMILES string of the molecule is O=C(NCC(c1cccnc1)S(=O)(=O)c1ccccc1)c1cc2ccccc2oc1=O. The van der Waals surface area contributed by atoms with Crippen LogP contribution in [0.3, 0.4) is 0 Å². The lowest BCUT2D eigenvalue weighted by molar-refractivity contribution is 0.0950. The summed E-state index contributed by atoms with van der Waals surface area (Å²) in [6, 6.07) is 19.5. The topological polar surface area (TPSA) is 106 Å². The minimum Gasteiger partial charge on any atom is -0.422 e. The zero-order chi connectivity index (χ0) is 21.8. The van der Waals surface area contributed by atoms with E-state index in [1.807, 2.05) is 0 Å². The van der Waals surface area contributed by atoms with Gasteiger partial charge in [-0.3, -0.25) is 9.78 Å². The molecule has 0 saturated heterocycles. The summed E-state index contributed by atoms with van der Waals surface area (Å²) in [7, 11) is -3.83. The molecule has 31 heavy (non-hydrogen) atoms. The van der Waals surface area contributed by atoms with Gasteiger partial charge in [-0.15, -0.1) is 0 Å². The summed E-state index contributed by atoms with van der Waals surface area (Å²) < 4.78 is 31.7. The van der Waals surface area contributed by atoms with Gasteiger partial charge in [-0.1, -0.05) is 42.5 Å². The number of rotatable bonds is 6. The Kier molecular flexibility index (Phi) is 5.64. The monoisotopic (exact) mass is 434 g/mol. The van der Waals surface area contributed by atoms with E-state index in [1.165, 1.54) is 30.6 Å². The van der Waals surface area contributed by atoms with Gasteiger partial charge in [0.25, 0.3) is 5.91 Å². The van der Waals surface area contributed by atoms with Crippen LogP contribution in [0.25, 0.3) is 11.0 Å². The molecule has 0 aliphatic heterocycles. The highest BCUT2D eigenvalue weighted by Gasteiger charge is 2.30. The average molecular weight is 434 g/mol. The van der Waals surface area contributed by atoms with Crippen LogP contribution in [0, 0.1) is 0 Å². The van der Waals surface area contributed by atoms with Crippen molar-refractivity contribution in [2.24, 2.45) is 0 Å². The van der Waals surface area contributed by atoms with E-state index in [0.29, 0.717) is 16.5 Å². The van der Waals surface area contributed by atoms with Crippen LogP contribution in [0.5, 0.6) is 0 Å². The number of pyridine rings is 1. The van der Waals surface area contributed by atoms with Gasteiger partial charge in [-0.2, -0.15) is 0 Å². The van der Waals surface area contributed by atoms with Crippen molar-refractivity contribution in [1.82, 2.24) is 10.3 Å². The predicted octanol–water partition coefficient (Wildman–Crippen LogP) is 3.13. The third-order valence-corrected chi connectivity index (χ3v) is 6.95. The molecule has 2 aromatic carbocycles. The van der Waals surface area contributed by atoms with Crippen LogP contribution in [0.15, 0.2) is 99.3 Å². The second-order valence-electron chi connectivity index (χ2n) is 6.83. The highest BCUT2D eigenvalue weighted by atomic mass is 32.2. The summed E-state index contributed by atoms with van der Waals surface area (Å²) in [6.07, 6.45) is 2.98. The summed E-state index contributed by atoms with van der Waals surface area (Å²) in [5, 5.41) is 2.08. The van der Waals surface area contributed by atoms with Crippen molar-refractivity contribution in [2.45, 2.75) is 10.1 Å². The minimum absolute atomic E-state index is 0.128. The molecule has 0 aliphatic carbocycles. The summed E-state index contributed by atoms with van der Waals surface area (Å²) in [5.74, 6) is -0.711. The van der Waals surface area contributed by atoms with E-state index < -0.39 is 26.6 Å². The van der Waals surface area contributed by atoms with Crippen molar-refractivity contribution in [3.63, 3.8) is 0 Å². The maximum atomic E-state index is 13.3. The highest BCUT2D eigenvalue weighted by Crippen LogP contribution is 2.28. The quantitative estimate of drug-likeness (QED) is 0.467. The largest absolute Gasteiger partial charge is 0.422 e. The van der Waals surface area contributed by atoms with Gasteiger partial charge in [-0.05, 0) is 35.9 Å². The normalized spacial score (nSPS) is 12.4. The summed E-state index contributed by atoms with van der Waals surface area (Å²) in [6.45, 7) is -0.242. The van der Waals surface area contributed by atoms with Gasteiger partial charge in [-0.25, -0.2) is 13.2 Å². The smallest absolute Gasteiger partial charge is 0.349 e. The van der Waals surface area contributed by atoms with Crippen LogP contribution in [-0.2, 0) is 9.84 Å². The first kappa shape index (κ1) is 20.5. The van der Waals surface area contributed by atoms with Crippen molar-refractivity contribution >= 4 is 26.7 Å². The number of aromatic nitrogens is 1. The Hall–Kier alpha value is -3.78. The molecule has 1 unspecified atom stereocenters. The highest BCUT2D eigenvalue weighted by molar-refractivity contribution is 7.91. The standard InChI is InChI=1S/C23H18N2O5S/c26-22(19-13-16-7-4-5-11-20(16)30-23(19)27)25-15-21(17-8-6-12-24-14-17)31(28,29)18-9-2-1-3-10-18/h1-14,21H,15H2,(H,25,26). The molecule has 156 valence electrons. The molecule has 1 N–H and O–H groups in total. The summed E-state index contributed by atoms with van der Waals surface area (Å²) >= 11 is 0. The van der Waals surface area contributed by atoms with Crippen molar-refractivity contribution < 1.29 is 17.6 Å². The molecule has 0 saturated carbocycles. The maximum Gasteiger partial charge on any atom is 0.349 e. The molecule has 7 nitrogen and oxygen atoms in total. The molecule has 8 heteroatoms. The lowest BCUT2D eigenvalue weighted by Crippen LogP contribution is -2.34. The second kappa shape index (κ2) is 8.53. The number of hydrogen-bond donors (Lipinski definition) is 1. The van der Waals surface area contributed by atoms with E-state index in [-0.39, 0.29) is 17.0 Å². The Bertz CT molecular complexity index is 1380. The molecule has 4 aromatic rings. The van der Waals surface area contributed by atoms with Gasteiger partial charge >= 0.3 is 5.63 Å². The van der Waals surface area contributed by atoms with Crippen LogP contribution < -0.4 is 10.9 Å². The summed E-state index contributed by atoms with van der Waals surface area (Å²) in [4.78, 5) is 29.1. The van der Waals surface area contributed by atoms with Gasteiger partial charge in [0.05, 0.1) is 4.90 Å². The zero-order valence-electron chi connectivity index (χ0n) is 16.3. The fourth-order valence-electron chi connectivity index (χ4n) is 3.25. The number of hydrogen-bond acceptors (Lipinski definition) is 6. The van der Waals surface area contributed by atoms with Crippen molar-refractivity contribution in [3.05, 3.63) is 107 Å². The van der Waals surface area contributed by atoms with Crippen molar-refractivity contribution in [2.75, 3.05) is 6.54 Å². The van der Waals surface area contributed by atoms with E-state index in [1.54, 1.807) is 54.6 Å². The Balaban J connectivity index is 1.65. The number of carbonyl (C=O) groups excluding carboxylic acids is 1. The summed E-state index contributed by atoms with van der Waals surface area (Å²) in [5.41, 5.74) is -0.193. The zero-order valence-corrected chi connectivity index (χ0v) is 17.1. The first-order valence-electron chi connectivity index (χ1n) is 9.47. The molecule has 0 bridgehead atoms. The molecule has 2 aromatic heterocycles. The fraction of sp³-hybridized carbons (Fsp3) is 0.0870. The van der Waals surface area contributed by atoms with Gasteiger partial charge in [0, 0.05) is 24.3 Å². The maximum absolute atomic E-state index is 13.3. The number of sulfone groups is 1. The molecule has 1 atom stereocenters. The van der Waals surface area contributed by atoms with Gasteiger partial charge in [0.1, 0.15) is 16.4 Å². The average Bonchev–Trinajstić information content (AvgIpc) is 2.79. The molecule has 0 aliphatic rings. The number of para-hydroxylation sites is 1. The number of fused-ring (bicyclic) bond motifs is 1. The Morgan fingerprint density at radius 3 is 2.48 bits per heavy atom. The molecule has 0 radical (unpaired) electrons. The third kappa shape index (κ3) is 4.24. The predicted molar refractivity (Wildman–Crippen MR) is 115 cm³/mol. The number of carbonyl (C=O) groups is 1. The number of benzene rings is 2. The lowest BCUT2D eigenvalue weighted by Gasteiger charge is -2.18. The van der Waals surface area contributed by atoms with Crippen LogP contribution in [0.4, 0.5) is 0 Å². The Morgan fingerprint density at radius 1 is 1.00 bits per heavy atom. The molecule has 1 amide bonds. The number of nitrogens with zero attached hydrogens (tertiary/aromatic N) is 1. The first-order valence-corrected chi connectivity index (χ1v) is 11.0. The van der Waals surface area contributed by atoms with Crippen molar-refractivity contribution in [1.29, 1.82) is 0 Å². The van der Waals surface area contributed by atoms with Crippen molar-refractivity contribution in [3.8, 4) is 0 Å². The second-order valence-corrected chi connectivity index (χ2v) is 8.96.